The first-order valence-electron chi connectivity index (χ1n) is 5.60. The molecule has 1 aliphatic heterocycles. The molecule has 0 radical (unpaired) electrons. The zero-order valence-corrected chi connectivity index (χ0v) is 10.6. The highest BCUT2D eigenvalue weighted by molar-refractivity contribution is 7.02. The standard InChI is InChI=1S/C10H22B2O3/c1-9(2,3)6-13-11-12-14-7-10(4,5)8-15-12/h11H,6-8H2,1-5H3. The fraction of sp³-hybridized carbons (Fsp3) is 1.00. The maximum Gasteiger partial charge on any atom is 0.440 e. The first-order chi connectivity index (χ1) is 6.79. The first kappa shape index (κ1) is 13.1. The molecule has 1 saturated heterocycles. The molecule has 15 heavy (non-hydrogen) atoms. The molecule has 5 heteroatoms. The molecule has 1 heterocycles. The van der Waals surface area contributed by atoms with Crippen molar-refractivity contribution in [2.75, 3.05) is 19.8 Å². The van der Waals surface area contributed by atoms with Gasteiger partial charge in [0.1, 0.15) is 0 Å². The molecule has 1 aliphatic rings. The molecule has 0 amide bonds. The molecule has 0 N–H and O–H groups in total. The summed E-state index contributed by atoms with van der Waals surface area (Å²) in [5, 5.41) is 0. The monoisotopic (exact) mass is 212 g/mol. The molecule has 0 aromatic rings. The van der Waals surface area contributed by atoms with E-state index in [0.717, 1.165) is 19.8 Å². The van der Waals surface area contributed by atoms with Gasteiger partial charge >= 0.3 is 14.4 Å². The van der Waals surface area contributed by atoms with Gasteiger partial charge in [0.05, 0.1) is 0 Å². The van der Waals surface area contributed by atoms with Crippen LogP contribution in [0.2, 0.25) is 0 Å². The van der Waals surface area contributed by atoms with E-state index in [0.29, 0.717) is 7.37 Å². The van der Waals surface area contributed by atoms with E-state index in [9.17, 15) is 0 Å². The minimum Gasteiger partial charge on any atom is -0.441 e. The van der Waals surface area contributed by atoms with Crippen molar-refractivity contribution in [3.8, 4) is 0 Å². The van der Waals surface area contributed by atoms with Gasteiger partial charge in [-0.1, -0.05) is 34.6 Å². The Morgan fingerprint density at radius 3 is 2.27 bits per heavy atom. The first-order valence-corrected chi connectivity index (χ1v) is 5.60. The van der Waals surface area contributed by atoms with Crippen molar-refractivity contribution in [3.63, 3.8) is 0 Å². The van der Waals surface area contributed by atoms with Gasteiger partial charge in [0, 0.05) is 25.2 Å². The Bertz CT molecular complexity index is 191. The van der Waals surface area contributed by atoms with Crippen LogP contribution in [0, 0.1) is 10.8 Å². The summed E-state index contributed by atoms with van der Waals surface area (Å²) in [5.74, 6) is 0. The second-order valence-electron chi connectivity index (χ2n) is 6.29. The van der Waals surface area contributed by atoms with Crippen LogP contribution in [0.5, 0.6) is 0 Å². The topological polar surface area (TPSA) is 27.7 Å². The summed E-state index contributed by atoms with van der Waals surface area (Å²) >= 11 is 0. The van der Waals surface area contributed by atoms with Crippen LogP contribution >= 0.6 is 0 Å². The van der Waals surface area contributed by atoms with E-state index in [1.165, 1.54) is 0 Å². The Labute approximate surface area is 94.3 Å². The fourth-order valence-electron chi connectivity index (χ4n) is 1.28. The zero-order chi connectivity index (χ0) is 11.5. The lowest BCUT2D eigenvalue weighted by molar-refractivity contribution is 0.0348. The van der Waals surface area contributed by atoms with Crippen molar-refractivity contribution >= 4 is 14.4 Å². The van der Waals surface area contributed by atoms with Gasteiger partial charge in [0.15, 0.2) is 0 Å². The van der Waals surface area contributed by atoms with E-state index in [2.05, 4.69) is 34.6 Å². The normalized spacial score (nSPS) is 21.5. The summed E-state index contributed by atoms with van der Waals surface area (Å²) in [7, 11) is 0.355. The molecule has 1 rings (SSSR count). The lowest BCUT2D eigenvalue weighted by Gasteiger charge is -2.33. The average molecular weight is 212 g/mol. The van der Waals surface area contributed by atoms with Crippen molar-refractivity contribution in [1.29, 1.82) is 0 Å². The minimum atomic E-state index is -0.180. The average Bonchev–Trinajstić information content (AvgIpc) is 2.06. The summed E-state index contributed by atoms with van der Waals surface area (Å²) in [6.07, 6.45) is 0. The van der Waals surface area contributed by atoms with Crippen molar-refractivity contribution in [2.24, 2.45) is 10.8 Å². The van der Waals surface area contributed by atoms with Crippen LogP contribution in [0.25, 0.3) is 0 Å². The van der Waals surface area contributed by atoms with Crippen molar-refractivity contribution in [1.82, 2.24) is 0 Å². The van der Waals surface area contributed by atoms with Gasteiger partial charge in [-0.15, -0.1) is 0 Å². The molecule has 0 aromatic heterocycles. The second-order valence-corrected chi connectivity index (χ2v) is 6.29. The van der Waals surface area contributed by atoms with Gasteiger partial charge in [-0.2, -0.15) is 0 Å². The quantitative estimate of drug-likeness (QED) is 0.662. The summed E-state index contributed by atoms with van der Waals surface area (Å²) in [4.78, 5) is 0. The van der Waals surface area contributed by atoms with Crippen molar-refractivity contribution < 1.29 is 14.0 Å². The highest BCUT2D eigenvalue weighted by Crippen LogP contribution is 2.21. The van der Waals surface area contributed by atoms with E-state index < -0.39 is 0 Å². The Kier molecular flexibility index (Phi) is 4.27. The van der Waals surface area contributed by atoms with Crippen LogP contribution in [0.4, 0.5) is 0 Å². The lowest BCUT2D eigenvalue weighted by atomic mass is 9.55. The third-order valence-corrected chi connectivity index (χ3v) is 2.11. The molecule has 0 aliphatic carbocycles. The van der Waals surface area contributed by atoms with E-state index in [1.807, 2.05) is 0 Å². The van der Waals surface area contributed by atoms with Gasteiger partial charge < -0.3 is 14.0 Å². The minimum absolute atomic E-state index is 0.139. The summed E-state index contributed by atoms with van der Waals surface area (Å²) in [6, 6.07) is 0. The Morgan fingerprint density at radius 1 is 1.27 bits per heavy atom. The van der Waals surface area contributed by atoms with Crippen molar-refractivity contribution in [2.45, 2.75) is 34.6 Å². The Morgan fingerprint density at radius 2 is 1.80 bits per heavy atom. The molecular formula is C10H22B2O3. The number of hydrogen-bond donors (Lipinski definition) is 0. The van der Waals surface area contributed by atoms with Crippen LogP contribution < -0.4 is 0 Å². The molecule has 0 spiro atoms. The third kappa shape index (κ3) is 5.59. The second kappa shape index (κ2) is 4.89. The van der Waals surface area contributed by atoms with E-state index >= 15 is 0 Å². The van der Waals surface area contributed by atoms with Gasteiger partial charge in [0.2, 0.25) is 0 Å². The van der Waals surface area contributed by atoms with Gasteiger partial charge in [-0.3, -0.25) is 0 Å². The molecular weight excluding hydrogens is 190 g/mol. The van der Waals surface area contributed by atoms with Crippen LogP contribution in [-0.2, 0) is 14.0 Å². The smallest absolute Gasteiger partial charge is 0.440 e. The summed E-state index contributed by atoms with van der Waals surface area (Å²) in [5.41, 5.74) is 0.342. The molecule has 0 bridgehead atoms. The van der Waals surface area contributed by atoms with Crippen molar-refractivity contribution in [3.05, 3.63) is 0 Å². The van der Waals surface area contributed by atoms with Crippen LogP contribution in [0.1, 0.15) is 34.6 Å². The van der Waals surface area contributed by atoms with E-state index in [-0.39, 0.29) is 17.8 Å². The number of rotatable bonds is 3. The predicted octanol–water partition coefficient (Wildman–Crippen LogP) is 1.46. The molecule has 0 unspecified atom stereocenters. The molecule has 0 aromatic carbocycles. The fourth-order valence-corrected chi connectivity index (χ4v) is 1.28. The van der Waals surface area contributed by atoms with E-state index in [1.54, 1.807) is 0 Å². The highest BCUT2D eigenvalue weighted by Gasteiger charge is 2.33. The zero-order valence-electron chi connectivity index (χ0n) is 10.6. The van der Waals surface area contributed by atoms with Crippen LogP contribution in [0.3, 0.4) is 0 Å². The van der Waals surface area contributed by atoms with E-state index in [4.69, 9.17) is 14.0 Å². The van der Waals surface area contributed by atoms with Gasteiger partial charge in [-0.05, 0) is 5.41 Å². The van der Waals surface area contributed by atoms with Crippen LogP contribution in [0.15, 0.2) is 0 Å². The molecule has 86 valence electrons. The lowest BCUT2D eigenvalue weighted by Crippen LogP contribution is -2.45. The summed E-state index contributed by atoms with van der Waals surface area (Å²) < 4.78 is 16.7. The molecule has 0 saturated carbocycles. The maximum absolute atomic E-state index is 5.56. The molecule has 0 atom stereocenters. The Balaban J connectivity index is 2.14. The largest absolute Gasteiger partial charge is 0.441 e. The van der Waals surface area contributed by atoms with Crippen LogP contribution in [-0.4, -0.2) is 34.2 Å². The van der Waals surface area contributed by atoms with Gasteiger partial charge in [0.25, 0.3) is 0 Å². The molecule has 1 fully saturated rings. The Hall–Kier alpha value is 0.00987. The van der Waals surface area contributed by atoms with Gasteiger partial charge in [-0.25, -0.2) is 0 Å². The third-order valence-electron chi connectivity index (χ3n) is 2.11. The maximum atomic E-state index is 5.56. The predicted molar refractivity (Wildman–Crippen MR) is 64.0 cm³/mol. The molecule has 3 nitrogen and oxygen atoms in total. The highest BCUT2D eigenvalue weighted by atomic mass is 16.6. The summed E-state index contributed by atoms with van der Waals surface area (Å²) in [6.45, 7) is 13.0. The SMILES string of the molecule is CC(C)(C)COBB1OCC(C)(C)CO1. The number of hydrogen-bond acceptors (Lipinski definition) is 3.